The monoisotopic (exact) mass is 412 g/mol. The van der Waals surface area contributed by atoms with E-state index in [9.17, 15) is 14.4 Å². The third kappa shape index (κ3) is 4.53. The van der Waals surface area contributed by atoms with Crippen LogP contribution in [0.25, 0.3) is 0 Å². The number of ketones is 1. The van der Waals surface area contributed by atoms with Crippen molar-refractivity contribution in [3.63, 3.8) is 0 Å². The van der Waals surface area contributed by atoms with Gasteiger partial charge in [0.25, 0.3) is 0 Å². The Morgan fingerprint density at radius 1 is 1.40 bits per heavy atom. The molecule has 4 heteroatoms. The number of rotatable bonds is 7. The predicted molar refractivity (Wildman–Crippen MR) is 118 cm³/mol. The van der Waals surface area contributed by atoms with Gasteiger partial charge in [-0.15, -0.1) is 0 Å². The number of aldehydes is 1. The van der Waals surface area contributed by atoms with Crippen LogP contribution >= 0.6 is 0 Å². The van der Waals surface area contributed by atoms with Gasteiger partial charge in [0.1, 0.15) is 6.29 Å². The molecule has 0 aromatic carbocycles. The molecule has 0 saturated heterocycles. The van der Waals surface area contributed by atoms with Gasteiger partial charge in [-0.2, -0.15) is 0 Å². The molecule has 0 unspecified atom stereocenters. The molecule has 3 rings (SSSR count). The van der Waals surface area contributed by atoms with Gasteiger partial charge in [-0.25, -0.2) is 4.79 Å². The second-order valence-corrected chi connectivity index (χ2v) is 9.84. The van der Waals surface area contributed by atoms with E-state index in [1.165, 1.54) is 0 Å². The standard InChI is InChI=1S/C26H36O4/c1-5-6-13-30-24(29)10-7-17(2)20-11-12-26(4)15-21-18(3)14-23(28)25(21)19(16-27)8-9-22(20)26/h7-8,10,14,16-17,20-22,25H,5-6,9,11-13,15H2,1-4H3/b10-7+,19-8-/t17-,20+,21+,22-,25-,26+/m0/s1. The van der Waals surface area contributed by atoms with Crippen LogP contribution in [0.2, 0.25) is 0 Å². The van der Waals surface area contributed by atoms with Crippen molar-refractivity contribution in [1.29, 1.82) is 0 Å². The summed E-state index contributed by atoms with van der Waals surface area (Å²) in [5.74, 6) is 0.842. The molecule has 3 aliphatic rings. The highest BCUT2D eigenvalue weighted by atomic mass is 16.5. The number of carbonyl (C=O) groups excluding carboxylic acids is 3. The Morgan fingerprint density at radius 2 is 2.17 bits per heavy atom. The molecular formula is C26H36O4. The summed E-state index contributed by atoms with van der Waals surface area (Å²) in [6.07, 6.45) is 14.2. The molecule has 0 heterocycles. The lowest BCUT2D eigenvalue weighted by Gasteiger charge is -2.40. The SMILES string of the molecule is CCCCOC(=O)/C=C/[C@H](C)[C@H]1CC[C@]2(C)C[C@@H]3C(C)=CC(=O)[C@H]3/C(C=O)=C\C[C@@H]12. The van der Waals surface area contributed by atoms with Crippen LogP contribution in [0, 0.1) is 35.0 Å². The smallest absolute Gasteiger partial charge is 0.330 e. The maximum absolute atomic E-state index is 12.5. The van der Waals surface area contributed by atoms with Crippen LogP contribution < -0.4 is 0 Å². The number of carbonyl (C=O) groups is 3. The molecule has 0 radical (unpaired) electrons. The molecule has 0 spiro atoms. The summed E-state index contributed by atoms with van der Waals surface area (Å²) in [6.45, 7) is 9.13. The number of unbranched alkanes of at least 4 members (excludes halogenated alkanes) is 1. The summed E-state index contributed by atoms with van der Waals surface area (Å²) in [6, 6.07) is 0. The van der Waals surface area contributed by atoms with Gasteiger partial charge in [0, 0.05) is 6.08 Å². The van der Waals surface area contributed by atoms with Gasteiger partial charge in [0.05, 0.1) is 12.5 Å². The molecule has 30 heavy (non-hydrogen) atoms. The highest BCUT2D eigenvalue weighted by molar-refractivity contribution is 6.01. The number of allylic oxidation sites excluding steroid dienone is 5. The summed E-state index contributed by atoms with van der Waals surface area (Å²) >= 11 is 0. The second-order valence-electron chi connectivity index (χ2n) is 9.84. The van der Waals surface area contributed by atoms with Gasteiger partial charge in [0.15, 0.2) is 5.78 Å². The molecule has 0 amide bonds. The average molecular weight is 413 g/mol. The Bertz CT molecular complexity index is 774. The Balaban J connectivity index is 1.77. The van der Waals surface area contributed by atoms with Crippen molar-refractivity contribution in [2.45, 2.75) is 66.2 Å². The van der Waals surface area contributed by atoms with E-state index in [2.05, 4.69) is 20.8 Å². The van der Waals surface area contributed by atoms with Crippen LogP contribution in [-0.2, 0) is 19.1 Å². The first-order valence-corrected chi connectivity index (χ1v) is 11.5. The average Bonchev–Trinajstić information content (AvgIpc) is 3.15. The van der Waals surface area contributed by atoms with Crippen molar-refractivity contribution in [3.8, 4) is 0 Å². The second kappa shape index (κ2) is 9.45. The van der Waals surface area contributed by atoms with E-state index in [0.29, 0.717) is 24.0 Å². The molecular weight excluding hydrogens is 376 g/mol. The number of esters is 1. The maximum Gasteiger partial charge on any atom is 0.330 e. The van der Waals surface area contributed by atoms with Crippen LogP contribution in [0.3, 0.4) is 0 Å². The van der Waals surface area contributed by atoms with E-state index in [0.717, 1.165) is 50.4 Å². The molecule has 1 saturated carbocycles. The summed E-state index contributed by atoms with van der Waals surface area (Å²) in [7, 11) is 0. The molecule has 4 nitrogen and oxygen atoms in total. The van der Waals surface area contributed by atoms with Crippen LogP contribution in [0.5, 0.6) is 0 Å². The van der Waals surface area contributed by atoms with E-state index in [1.807, 2.05) is 19.1 Å². The van der Waals surface area contributed by atoms with Gasteiger partial charge in [-0.1, -0.05) is 44.9 Å². The molecule has 1 fully saturated rings. The van der Waals surface area contributed by atoms with Crippen molar-refractivity contribution >= 4 is 18.0 Å². The highest BCUT2D eigenvalue weighted by Gasteiger charge is 2.50. The minimum atomic E-state index is -0.283. The van der Waals surface area contributed by atoms with Crippen LogP contribution in [-0.4, -0.2) is 24.6 Å². The third-order valence-electron chi connectivity index (χ3n) is 7.87. The fourth-order valence-electron chi connectivity index (χ4n) is 6.05. The predicted octanol–water partition coefficient (Wildman–Crippen LogP) is 5.24. The maximum atomic E-state index is 12.5. The molecule has 6 atom stereocenters. The van der Waals surface area contributed by atoms with Crippen molar-refractivity contribution in [3.05, 3.63) is 35.5 Å². The zero-order valence-electron chi connectivity index (χ0n) is 18.9. The lowest BCUT2D eigenvalue weighted by Crippen LogP contribution is -2.34. The molecule has 164 valence electrons. The van der Waals surface area contributed by atoms with Gasteiger partial charge in [0.2, 0.25) is 0 Å². The Labute approximate surface area is 180 Å². The summed E-state index contributed by atoms with van der Waals surface area (Å²) in [5.41, 5.74) is 1.92. The van der Waals surface area contributed by atoms with Crippen molar-refractivity contribution in [2.24, 2.45) is 35.0 Å². The lowest BCUT2D eigenvalue weighted by molar-refractivity contribution is -0.137. The number of hydrogen-bond donors (Lipinski definition) is 0. The fourth-order valence-corrected chi connectivity index (χ4v) is 6.05. The number of hydrogen-bond acceptors (Lipinski definition) is 4. The fraction of sp³-hybridized carbons (Fsp3) is 0.654. The quantitative estimate of drug-likeness (QED) is 0.248. The van der Waals surface area contributed by atoms with Crippen molar-refractivity contribution in [2.75, 3.05) is 6.61 Å². The minimum Gasteiger partial charge on any atom is -0.463 e. The Morgan fingerprint density at radius 3 is 2.87 bits per heavy atom. The van der Waals surface area contributed by atoms with Crippen molar-refractivity contribution in [1.82, 2.24) is 0 Å². The largest absolute Gasteiger partial charge is 0.463 e. The van der Waals surface area contributed by atoms with Gasteiger partial charge in [-0.05, 0) is 79.8 Å². The van der Waals surface area contributed by atoms with Gasteiger partial charge < -0.3 is 4.74 Å². The molecule has 0 N–H and O–H groups in total. The Kier molecular flexibility index (Phi) is 7.15. The van der Waals surface area contributed by atoms with Crippen LogP contribution in [0.4, 0.5) is 0 Å². The highest BCUT2D eigenvalue weighted by Crippen LogP contribution is 2.58. The summed E-state index contributed by atoms with van der Waals surface area (Å²) in [5, 5.41) is 0. The van der Waals surface area contributed by atoms with Crippen LogP contribution in [0.1, 0.15) is 66.2 Å². The molecule has 0 bridgehead atoms. The zero-order chi connectivity index (χ0) is 21.9. The zero-order valence-corrected chi connectivity index (χ0v) is 18.9. The Hall–Kier alpha value is -1.97. The molecule has 0 aromatic rings. The first-order valence-electron chi connectivity index (χ1n) is 11.5. The lowest BCUT2D eigenvalue weighted by atomic mass is 9.63. The van der Waals surface area contributed by atoms with E-state index >= 15 is 0 Å². The first kappa shape index (κ1) is 22.7. The van der Waals surface area contributed by atoms with Crippen LogP contribution in [0.15, 0.2) is 35.5 Å². The van der Waals surface area contributed by atoms with E-state index in [4.69, 9.17) is 4.74 Å². The molecule has 0 aliphatic heterocycles. The summed E-state index contributed by atoms with van der Waals surface area (Å²) in [4.78, 5) is 36.3. The van der Waals surface area contributed by atoms with Gasteiger partial charge >= 0.3 is 5.97 Å². The third-order valence-corrected chi connectivity index (χ3v) is 7.87. The van der Waals surface area contributed by atoms with Crippen molar-refractivity contribution < 1.29 is 19.1 Å². The van der Waals surface area contributed by atoms with Gasteiger partial charge in [-0.3, -0.25) is 9.59 Å². The normalized spacial score (nSPS) is 36.2. The topological polar surface area (TPSA) is 60.4 Å². The van der Waals surface area contributed by atoms with E-state index < -0.39 is 0 Å². The molecule has 3 aliphatic carbocycles. The first-order chi connectivity index (χ1) is 14.3. The summed E-state index contributed by atoms with van der Waals surface area (Å²) < 4.78 is 5.24. The van der Waals surface area contributed by atoms with E-state index in [1.54, 1.807) is 12.2 Å². The number of fused-ring (bicyclic) bond motifs is 2. The molecule has 0 aromatic heterocycles. The minimum absolute atomic E-state index is 0.0883. The van der Waals surface area contributed by atoms with E-state index in [-0.39, 0.29) is 34.9 Å². The number of ether oxygens (including phenoxy) is 1.